The number of carbonyl (C=O) groups excluding carboxylic acids is 3. The Morgan fingerprint density at radius 2 is 1.71 bits per heavy atom. The van der Waals surface area contributed by atoms with Gasteiger partial charge in [-0.05, 0) is 46.7 Å². The van der Waals surface area contributed by atoms with Crippen LogP contribution in [0.2, 0.25) is 0 Å². The second kappa shape index (κ2) is 10.3. The minimum Gasteiger partial charge on any atom is -0.488 e. The number of imide groups is 2. The Morgan fingerprint density at radius 1 is 0.947 bits per heavy atom. The smallest absolute Gasteiger partial charge is 0.335 e. The lowest BCUT2D eigenvalue weighted by Crippen LogP contribution is -2.54. The average Bonchev–Trinajstić information content (AvgIpc) is 2.90. The second-order valence-electron chi connectivity index (χ2n) is 8.34. The van der Waals surface area contributed by atoms with Crippen molar-refractivity contribution >= 4 is 62.0 Å². The average molecular weight is 572 g/mol. The highest BCUT2D eigenvalue weighted by Crippen LogP contribution is 2.30. The van der Waals surface area contributed by atoms with Crippen molar-refractivity contribution in [3.8, 4) is 5.75 Å². The Morgan fingerprint density at radius 3 is 2.53 bits per heavy atom. The van der Waals surface area contributed by atoms with Crippen LogP contribution < -0.4 is 15.0 Å². The van der Waals surface area contributed by atoms with Crippen molar-refractivity contribution in [1.29, 1.82) is 0 Å². The number of barbiturate groups is 1. The SMILES string of the molecule is O=C1NC(=O)N(c2cccc([N+](=O)[O-])c2)C(=O)/C1=C/c1cc(Br)ccc1OCc1cccc2ccccc12. The summed E-state index contributed by atoms with van der Waals surface area (Å²) in [4.78, 5) is 49.7. The molecule has 0 aromatic heterocycles. The lowest BCUT2D eigenvalue weighted by atomic mass is 10.0. The fourth-order valence-electron chi connectivity index (χ4n) is 4.13. The zero-order valence-corrected chi connectivity index (χ0v) is 21.2. The van der Waals surface area contributed by atoms with Gasteiger partial charge in [0.25, 0.3) is 17.5 Å². The summed E-state index contributed by atoms with van der Waals surface area (Å²) in [5.41, 5.74) is 0.706. The van der Waals surface area contributed by atoms with Crippen LogP contribution >= 0.6 is 15.9 Å². The van der Waals surface area contributed by atoms with E-state index in [1.807, 2.05) is 42.5 Å². The Bertz CT molecular complexity index is 1660. The van der Waals surface area contributed by atoms with Gasteiger partial charge in [0.1, 0.15) is 17.9 Å². The van der Waals surface area contributed by atoms with Crippen LogP contribution in [-0.2, 0) is 16.2 Å². The van der Waals surface area contributed by atoms with Gasteiger partial charge in [0.05, 0.1) is 10.6 Å². The van der Waals surface area contributed by atoms with E-state index in [1.165, 1.54) is 24.3 Å². The molecular formula is C28H18BrN3O6. The number of halogens is 1. The number of hydrogen-bond acceptors (Lipinski definition) is 6. The predicted molar refractivity (Wildman–Crippen MR) is 145 cm³/mol. The third-order valence-electron chi connectivity index (χ3n) is 5.94. The minimum absolute atomic E-state index is 0.0400. The van der Waals surface area contributed by atoms with E-state index in [0.717, 1.165) is 22.4 Å². The van der Waals surface area contributed by atoms with Crippen molar-refractivity contribution in [2.24, 2.45) is 0 Å². The molecular weight excluding hydrogens is 554 g/mol. The van der Waals surface area contributed by atoms with Gasteiger partial charge in [-0.1, -0.05) is 64.5 Å². The van der Waals surface area contributed by atoms with Crippen molar-refractivity contribution in [3.63, 3.8) is 0 Å². The summed E-state index contributed by atoms with van der Waals surface area (Å²) in [5.74, 6) is -1.39. The number of fused-ring (bicyclic) bond motifs is 1. The molecule has 1 N–H and O–H groups in total. The Hall–Kier alpha value is -4.83. The van der Waals surface area contributed by atoms with Crippen LogP contribution in [0.25, 0.3) is 16.8 Å². The van der Waals surface area contributed by atoms with Crippen LogP contribution in [0, 0.1) is 10.1 Å². The number of amides is 4. The predicted octanol–water partition coefficient (Wildman–Crippen LogP) is 5.76. The normalized spacial score (nSPS) is 14.6. The maximum absolute atomic E-state index is 13.3. The van der Waals surface area contributed by atoms with E-state index >= 15 is 0 Å². The topological polar surface area (TPSA) is 119 Å². The molecule has 188 valence electrons. The van der Waals surface area contributed by atoms with Crippen LogP contribution in [0.3, 0.4) is 0 Å². The van der Waals surface area contributed by atoms with Crippen molar-refractivity contribution < 1.29 is 24.0 Å². The largest absolute Gasteiger partial charge is 0.488 e. The first-order chi connectivity index (χ1) is 18.3. The summed E-state index contributed by atoms with van der Waals surface area (Å²) in [6.45, 7) is 0.234. The van der Waals surface area contributed by atoms with Gasteiger partial charge in [-0.2, -0.15) is 0 Å². The Kier molecular flexibility index (Phi) is 6.71. The molecule has 5 rings (SSSR count). The van der Waals surface area contributed by atoms with Crippen LogP contribution in [0.5, 0.6) is 5.75 Å². The number of nitro benzene ring substituents is 1. The molecule has 4 aromatic rings. The number of rotatable bonds is 6. The number of nitrogens with one attached hydrogen (secondary N) is 1. The van der Waals surface area contributed by atoms with Crippen molar-refractivity contribution in [3.05, 3.63) is 116 Å². The van der Waals surface area contributed by atoms with Gasteiger partial charge in [-0.25, -0.2) is 9.69 Å². The molecule has 1 fully saturated rings. The Balaban J connectivity index is 1.49. The molecule has 10 heteroatoms. The number of non-ortho nitro benzene ring substituents is 1. The first kappa shape index (κ1) is 24.8. The van der Waals surface area contributed by atoms with Crippen molar-refractivity contribution in [2.75, 3.05) is 4.90 Å². The van der Waals surface area contributed by atoms with E-state index in [9.17, 15) is 24.5 Å². The maximum atomic E-state index is 13.3. The highest BCUT2D eigenvalue weighted by Gasteiger charge is 2.37. The quantitative estimate of drug-likeness (QED) is 0.136. The number of ether oxygens (including phenoxy) is 1. The molecule has 4 aromatic carbocycles. The fraction of sp³-hybridized carbons (Fsp3) is 0.0357. The summed E-state index contributed by atoms with van der Waals surface area (Å²) < 4.78 is 6.79. The molecule has 0 radical (unpaired) electrons. The van der Waals surface area contributed by atoms with E-state index in [0.29, 0.717) is 20.7 Å². The molecule has 0 bridgehead atoms. The molecule has 1 saturated heterocycles. The molecule has 38 heavy (non-hydrogen) atoms. The molecule has 1 aliphatic rings. The molecule has 0 unspecified atom stereocenters. The Labute approximate surface area is 224 Å². The molecule has 1 aliphatic heterocycles. The number of benzene rings is 4. The van der Waals surface area contributed by atoms with Gasteiger partial charge >= 0.3 is 6.03 Å². The molecule has 0 aliphatic carbocycles. The van der Waals surface area contributed by atoms with Crippen LogP contribution in [-0.4, -0.2) is 22.8 Å². The first-order valence-electron chi connectivity index (χ1n) is 11.4. The summed E-state index contributed by atoms with van der Waals surface area (Å²) >= 11 is 3.40. The summed E-state index contributed by atoms with van der Waals surface area (Å²) in [5, 5.41) is 15.4. The number of hydrogen-bond donors (Lipinski definition) is 1. The van der Waals surface area contributed by atoms with E-state index in [-0.39, 0.29) is 23.6 Å². The lowest BCUT2D eigenvalue weighted by molar-refractivity contribution is -0.384. The van der Waals surface area contributed by atoms with E-state index < -0.39 is 22.8 Å². The first-order valence-corrected chi connectivity index (χ1v) is 12.2. The third kappa shape index (κ3) is 4.89. The van der Waals surface area contributed by atoms with Crippen LogP contribution in [0.1, 0.15) is 11.1 Å². The number of carbonyl (C=O) groups is 3. The van der Waals surface area contributed by atoms with Crippen molar-refractivity contribution in [2.45, 2.75) is 6.61 Å². The van der Waals surface area contributed by atoms with Crippen molar-refractivity contribution in [1.82, 2.24) is 5.32 Å². The highest BCUT2D eigenvalue weighted by molar-refractivity contribution is 9.10. The maximum Gasteiger partial charge on any atom is 0.335 e. The number of anilines is 1. The van der Waals surface area contributed by atoms with E-state index in [2.05, 4.69) is 21.2 Å². The fourth-order valence-corrected chi connectivity index (χ4v) is 4.51. The molecule has 1 heterocycles. The number of urea groups is 1. The standard InChI is InChI=1S/C28H18BrN3O6/c29-20-11-12-25(38-16-18-7-3-6-17-5-1-2-10-23(17)18)19(13-20)14-24-26(33)30-28(35)31(27(24)34)21-8-4-9-22(15-21)32(36)37/h1-15H,16H2,(H,30,33,35)/b24-14+. The number of nitrogens with zero attached hydrogens (tertiary/aromatic N) is 2. The monoisotopic (exact) mass is 571 g/mol. The summed E-state index contributed by atoms with van der Waals surface area (Å²) in [6.07, 6.45) is 1.33. The van der Waals surface area contributed by atoms with Gasteiger partial charge in [-0.15, -0.1) is 0 Å². The zero-order valence-electron chi connectivity index (χ0n) is 19.6. The van der Waals surface area contributed by atoms with Gasteiger partial charge in [0, 0.05) is 22.2 Å². The molecule has 0 atom stereocenters. The molecule has 9 nitrogen and oxygen atoms in total. The number of nitro groups is 1. The molecule has 0 saturated carbocycles. The van der Waals surface area contributed by atoms with Gasteiger partial charge in [0.15, 0.2) is 0 Å². The lowest BCUT2D eigenvalue weighted by Gasteiger charge is -2.26. The van der Waals surface area contributed by atoms with Gasteiger partial charge in [-0.3, -0.25) is 25.0 Å². The summed E-state index contributed by atoms with van der Waals surface area (Å²) in [6, 6.07) is 23.0. The zero-order chi connectivity index (χ0) is 26.8. The molecule has 4 amide bonds. The molecule has 0 spiro atoms. The van der Waals surface area contributed by atoms with Gasteiger partial charge in [0.2, 0.25) is 0 Å². The van der Waals surface area contributed by atoms with Crippen LogP contribution in [0.15, 0.2) is 95.0 Å². The second-order valence-corrected chi connectivity index (χ2v) is 9.26. The highest BCUT2D eigenvalue weighted by atomic mass is 79.9. The minimum atomic E-state index is -1.00. The van der Waals surface area contributed by atoms with E-state index in [4.69, 9.17) is 4.74 Å². The van der Waals surface area contributed by atoms with Gasteiger partial charge < -0.3 is 4.74 Å². The van der Waals surface area contributed by atoms with E-state index in [1.54, 1.807) is 18.2 Å². The van der Waals surface area contributed by atoms with Crippen LogP contribution in [0.4, 0.5) is 16.2 Å². The summed E-state index contributed by atoms with van der Waals surface area (Å²) in [7, 11) is 0. The third-order valence-corrected chi connectivity index (χ3v) is 6.43.